The molecule has 0 spiro atoms. The van der Waals surface area contributed by atoms with Crippen molar-refractivity contribution in [3.8, 4) is 5.75 Å². The second-order valence-electron chi connectivity index (χ2n) is 5.81. The topological polar surface area (TPSA) is 38.7 Å². The van der Waals surface area contributed by atoms with Gasteiger partial charge in [0.05, 0.1) is 25.9 Å². The van der Waals surface area contributed by atoms with Crippen LogP contribution in [0.25, 0.3) is 0 Å². The summed E-state index contributed by atoms with van der Waals surface area (Å²) >= 11 is 0. The van der Waals surface area contributed by atoms with E-state index in [0.717, 1.165) is 23.3 Å². The van der Waals surface area contributed by atoms with Crippen LogP contribution in [0.5, 0.6) is 5.75 Å². The van der Waals surface area contributed by atoms with E-state index in [0.29, 0.717) is 19.4 Å². The van der Waals surface area contributed by atoms with Gasteiger partial charge in [-0.05, 0) is 42.5 Å². The van der Waals surface area contributed by atoms with E-state index in [2.05, 4.69) is 18.7 Å². The maximum Gasteiger partial charge on any atom is 0.118 e. The molecule has 0 aliphatic heterocycles. The Morgan fingerprint density at radius 3 is 2.38 bits per heavy atom. The number of aliphatic hydroxyl groups excluding tert-OH is 1. The Labute approximate surface area is 144 Å². The van der Waals surface area contributed by atoms with Crippen molar-refractivity contribution in [2.45, 2.75) is 38.1 Å². The molecule has 0 aromatic heterocycles. The van der Waals surface area contributed by atoms with Crippen molar-refractivity contribution in [3.63, 3.8) is 0 Å². The minimum Gasteiger partial charge on any atom is -0.497 e. The van der Waals surface area contributed by atoms with Gasteiger partial charge in [-0.2, -0.15) is 0 Å². The molecule has 0 saturated heterocycles. The summed E-state index contributed by atoms with van der Waals surface area (Å²) in [5, 5.41) is 9.95. The van der Waals surface area contributed by atoms with Gasteiger partial charge in [0.25, 0.3) is 0 Å². The third kappa shape index (κ3) is 5.84. The summed E-state index contributed by atoms with van der Waals surface area (Å²) in [7, 11) is 1.66. The van der Waals surface area contributed by atoms with E-state index in [4.69, 9.17) is 9.47 Å². The summed E-state index contributed by atoms with van der Waals surface area (Å²) in [6.45, 7) is 4.20. The van der Waals surface area contributed by atoms with Gasteiger partial charge in [0.2, 0.25) is 0 Å². The van der Waals surface area contributed by atoms with Crippen molar-refractivity contribution in [1.82, 2.24) is 0 Å². The van der Waals surface area contributed by atoms with E-state index < -0.39 is 0 Å². The van der Waals surface area contributed by atoms with Crippen LogP contribution in [0.2, 0.25) is 0 Å². The highest BCUT2D eigenvalue weighted by Gasteiger charge is 2.14. The zero-order chi connectivity index (χ0) is 17.2. The van der Waals surface area contributed by atoms with Crippen LogP contribution in [0, 0.1) is 0 Å². The zero-order valence-electron chi connectivity index (χ0n) is 14.2. The van der Waals surface area contributed by atoms with Crippen LogP contribution in [0.15, 0.2) is 67.3 Å². The lowest BCUT2D eigenvalue weighted by molar-refractivity contribution is 0.0228. The summed E-state index contributed by atoms with van der Waals surface area (Å²) in [6.07, 6.45) is 3.43. The number of rotatable bonds is 10. The van der Waals surface area contributed by atoms with Crippen molar-refractivity contribution in [2.24, 2.45) is 0 Å². The Bertz CT molecular complexity index is 592. The van der Waals surface area contributed by atoms with E-state index in [1.165, 1.54) is 0 Å². The van der Waals surface area contributed by atoms with Crippen molar-refractivity contribution in [1.29, 1.82) is 0 Å². The summed E-state index contributed by atoms with van der Waals surface area (Å²) in [4.78, 5) is 0. The molecule has 0 heterocycles. The first-order chi connectivity index (χ1) is 11.7. The molecule has 0 radical (unpaired) electrons. The summed E-state index contributed by atoms with van der Waals surface area (Å²) < 4.78 is 11.3. The molecular weight excluding hydrogens is 300 g/mol. The molecule has 1 N–H and O–H groups in total. The lowest BCUT2D eigenvalue weighted by Gasteiger charge is -2.20. The van der Waals surface area contributed by atoms with Gasteiger partial charge in [-0.1, -0.05) is 48.5 Å². The molecular formula is C21H26O3. The fourth-order valence-electron chi connectivity index (χ4n) is 2.59. The van der Waals surface area contributed by atoms with Crippen molar-refractivity contribution in [2.75, 3.05) is 7.11 Å². The van der Waals surface area contributed by atoms with Gasteiger partial charge in [0.15, 0.2) is 0 Å². The summed E-state index contributed by atoms with van der Waals surface area (Å²) in [5.41, 5.74) is 2.24. The highest BCUT2D eigenvalue weighted by Crippen LogP contribution is 2.25. The second kappa shape index (κ2) is 9.91. The lowest BCUT2D eigenvalue weighted by atomic mass is 10.0. The van der Waals surface area contributed by atoms with Gasteiger partial charge in [0.1, 0.15) is 5.75 Å². The minimum atomic E-state index is -0.363. The second-order valence-corrected chi connectivity index (χ2v) is 5.81. The molecule has 2 aromatic carbocycles. The molecule has 128 valence electrons. The number of methoxy groups -OCH3 is 1. The van der Waals surface area contributed by atoms with Crippen LogP contribution in [0.4, 0.5) is 0 Å². The Hall–Kier alpha value is -2.10. The molecule has 24 heavy (non-hydrogen) atoms. The van der Waals surface area contributed by atoms with Crippen LogP contribution in [-0.2, 0) is 11.3 Å². The Balaban J connectivity index is 1.98. The van der Waals surface area contributed by atoms with Crippen LogP contribution in [-0.4, -0.2) is 18.3 Å². The molecule has 0 saturated carbocycles. The Morgan fingerprint density at radius 2 is 1.75 bits per heavy atom. The first kappa shape index (κ1) is 18.2. The van der Waals surface area contributed by atoms with Gasteiger partial charge in [0, 0.05) is 0 Å². The SMILES string of the molecule is C=CC[C@@H](O)CC[C@H](OCc1ccc(OC)cc1)c1ccccc1. The lowest BCUT2D eigenvalue weighted by Crippen LogP contribution is -2.11. The third-order valence-corrected chi connectivity index (χ3v) is 3.98. The van der Waals surface area contributed by atoms with Crippen LogP contribution >= 0.6 is 0 Å². The fraction of sp³-hybridized carbons (Fsp3) is 0.333. The van der Waals surface area contributed by atoms with Gasteiger partial charge < -0.3 is 14.6 Å². The first-order valence-corrected chi connectivity index (χ1v) is 8.31. The maximum absolute atomic E-state index is 9.95. The van der Waals surface area contributed by atoms with E-state index in [-0.39, 0.29) is 12.2 Å². The smallest absolute Gasteiger partial charge is 0.118 e. The van der Waals surface area contributed by atoms with Gasteiger partial charge in [-0.25, -0.2) is 0 Å². The molecule has 3 heteroatoms. The summed E-state index contributed by atoms with van der Waals surface area (Å²) in [5.74, 6) is 0.839. The molecule has 3 nitrogen and oxygen atoms in total. The zero-order valence-corrected chi connectivity index (χ0v) is 14.2. The predicted octanol–water partition coefficient (Wildman–Crippen LogP) is 4.67. The van der Waals surface area contributed by atoms with Gasteiger partial charge in [-0.15, -0.1) is 6.58 Å². The number of aliphatic hydroxyl groups is 1. The van der Waals surface area contributed by atoms with E-state index in [1.807, 2.05) is 42.5 Å². The normalized spacial score (nSPS) is 13.2. The van der Waals surface area contributed by atoms with Crippen LogP contribution in [0.1, 0.15) is 36.5 Å². The monoisotopic (exact) mass is 326 g/mol. The van der Waals surface area contributed by atoms with Crippen molar-refractivity contribution in [3.05, 3.63) is 78.4 Å². The molecule has 0 bridgehead atoms. The standard InChI is InChI=1S/C21H26O3/c1-3-7-19(22)12-15-21(18-8-5-4-6-9-18)24-16-17-10-13-20(23-2)14-11-17/h3-6,8-11,13-14,19,21-22H,1,7,12,15-16H2,2H3/t19-,21+/m1/s1. The number of benzene rings is 2. The molecule has 2 aromatic rings. The third-order valence-electron chi connectivity index (χ3n) is 3.98. The highest BCUT2D eigenvalue weighted by molar-refractivity contribution is 5.26. The Kier molecular flexibility index (Phi) is 7.53. The highest BCUT2D eigenvalue weighted by atomic mass is 16.5. The maximum atomic E-state index is 9.95. The van der Waals surface area contributed by atoms with E-state index >= 15 is 0 Å². The largest absolute Gasteiger partial charge is 0.497 e. The minimum absolute atomic E-state index is 0.0345. The molecule has 0 aliphatic carbocycles. The van der Waals surface area contributed by atoms with Crippen LogP contribution < -0.4 is 4.74 Å². The molecule has 0 aliphatic rings. The van der Waals surface area contributed by atoms with Crippen LogP contribution in [0.3, 0.4) is 0 Å². The Morgan fingerprint density at radius 1 is 1.04 bits per heavy atom. The molecule has 0 amide bonds. The van der Waals surface area contributed by atoms with E-state index in [1.54, 1.807) is 13.2 Å². The average molecular weight is 326 g/mol. The number of ether oxygens (including phenoxy) is 2. The van der Waals surface area contributed by atoms with Crippen molar-refractivity contribution >= 4 is 0 Å². The van der Waals surface area contributed by atoms with Gasteiger partial charge >= 0.3 is 0 Å². The fourth-order valence-corrected chi connectivity index (χ4v) is 2.59. The van der Waals surface area contributed by atoms with Gasteiger partial charge in [-0.3, -0.25) is 0 Å². The number of hydrogen-bond donors (Lipinski definition) is 1. The average Bonchev–Trinajstić information content (AvgIpc) is 2.63. The quantitative estimate of drug-likeness (QED) is 0.645. The molecule has 0 fully saturated rings. The summed E-state index contributed by atoms with van der Waals surface area (Å²) in [6, 6.07) is 18.0. The first-order valence-electron chi connectivity index (χ1n) is 8.31. The molecule has 2 rings (SSSR count). The molecule has 0 unspecified atom stereocenters. The predicted molar refractivity (Wildman–Crippen MR) is 97.0 cm³/mol. The molecule has 2 atom stereocenters. The van der Waals surface area contributed by atoms with E-state index in [9.17, 15) is 5.11 Å². The van der Waals surface area contributed by atoms with Crippen molar-refractivity contribution < 1.29 is 14.6 Å². The number of hydrogen-bond acceptors (Lipinski definition) is 3.